The summed E-state index contributed by atoms with van der Waals surface area (Å²) < 4.78 is 4.77. The van der Waals surface area contributed by atoms with Gasteiger partial charge in [-0.1, -0.05) is 41.7 Å². The van der Waals surface area contributed by atoms with Crippen molar-refractivity contribution in [1.82, 2.24) is 10.2 Å². The van der Waals surface area contributed by atoms with Crippen molar-refractivity contribution in [3.05, 3.63) is 41.4 Å². The summed E-state index contributed by atoms with van der Waals surface area (Å²) >= 11 is 1.33. The number of anilines is 1. The van der Waals surface area contributed by atoms with Gasteiger partial charge in [0.15, 0.2) is 6.04 Å². The minimum atomic E-state index is -0.561. The lowest BCUT2D eigenvalue weighted by atomic mass is 10.1. The Hall–Kier alpha value is -1.95. The van der Waals surface area contributed by atoms with E-state index in [4.69, 9.17) is 4.74 Å². The Kier molecular flexibility index (Phi) is 3.66. The van der Waals surface area contributed by atoms with Crippen LogP contribution in [0.3, 0.4) is 0 Å². The van der Waals surface area contributed by atoms with Crippen LogP contribution in [0.4, 0.5) is 5.13 Å². The van der Waals surface area contributed by atoms with Crippen molar-refractivity contribution >= 4 is 22.4 Å². The summed E-state index contributed by atoms with van der Waals surface area (Å²) in [5.41, 5.74) is 2.43. The predicted molar refractivity (Wildman–Crippen MR) is 64.7 cm³/mol. The largest absolute Gasteiger partial charge is 0.467 e. The minimum absolute atomic E-state index is 0.355. The van der Waals surface area contributed by atoms with Crippen LogP contribution in [0.5, 0.6) is 0 Å². The zero-order valence-corrected chi connectivity index (χ0v) is 9.98. The van der Waals surface area contributed by atoms with Gasteiger partial charge in [-0.15, -0.1) is 10.2 Å². The number of rotatable bonds is 4. The molecule has 0 saturated carbocycles. The zero-order chi connectivity index (χ0) is 12.1. The molecule has 0 aliphatic carbocycles. The fourth-order valence-electron chi connectivity index (χ4n) is 1.40. The number of esters is 1. The molecule has 1 N–H and O–H groups in total. The van der Waals surface area contributed by atoms with Gasteiger partial charge in [-0.3, -0.25) is 0 Å². The predicted octanol–water partition coefficient (Wildman–Crippen LogP) is 1.86. The van der Waals surface area contributed by atoms with Gasteiger partial charge in [0.2, 0.25) is 5.13 Å². The van der Waals surface area contributed by atoms with E-state index in [0.29, 0.717) is 5.13 Å². The maximum absolute atomic E-state index is 11.7. The van der Waals surface area contributed by atoms with Crippen LogP contribution >= 0.6 is 11.3 Å². The summed E-state index contributed by atoms with van der Waals surface area (Å²) in [6.07, 6.45) is 0. The van der Waals surface area contributed by atoms with E-state index in [-0.39, 0.29) is 5.97 Å². The fraction of sp³-hybridized carbons (Fsp3) is 0.182. The molecule has 1 heterocycles. The summed E-state index contributed by atoms with van der Waals surface area (Å²) in [6, 6.07) is 8.78. The van der Waals surface area contributed by atoms with E-state index in [1.54, 1.807) is 5.51 Å². The van der Waals surface area contributed by atoms with Gasteiger partial charge in [-0.2, -0.15) is 0 Å². The number of hydrogen-bond acceptors (Lipinski definition) is 6. The van der Waals surface area contributed by atoms with Gasteiger partial charge in [0.1, 0.15) is 5.51 Å². The maximum atomic E-state index is 11.7. The third-order valence-corrected chi connectivity index (χ3v) is 2.82. The fourth-order valence-corrected chi connectivity index (χ4v) is 1.88. The molecule has 0 amide bonds. The van der Waals surface area contributed by atoms with Crippen LogP contribution in [0, 0.1) is 0 Å². The standard InChI is InChI=1S/C11H11N3O2S/c1-16-10(15)9(8-5-3-2-4-6-8)13-11-14-12-7-17-11/h2-7,9H,1H3,(H,13,14). The lowest BCUT2D eigenvalue weighted by Gasteiger charge is -2.15. The molecule has 1 atom stereocenters. The topological polar surface area (TPSA) is 64.1 Å². The molecule has 0 aliphatic rings. The molecule has 0 radical (unpaired) electrons. The summed E-state index contributed by atoms with van der Waals surface area (Å²) in [4.78, 5) is 11.7. The quantitative estimate of drug-likeness (QED) is 0.838. The van der Waals surface area contributed by atoms with Gasteiger partial charge in [0, 0.05) is 0 Å². The number of aromatic nitrogens is 2. The van der Waals surface area contributed by atoms with Gasteiger partial charge < -0.3 is 10.1 Å². The first-order chi connectivity index (χ1) is 8.31. The Morgan fingerprint density at radius 2 is 2.18 bits per heavy atom. The molecule has 0 aliphatic heterocycles. The van der Waals surface area contributed by atoms with Crippen LogP contribution in [0.2, 0.25) is 0 Å². The highest BCUT2D eigenvalue weighted by atomic mass is 32.1. The van der Waals surface area contributed by atoms with Crippen molar-refractivity contribution in [3.63, 3.8) is 0 Å². The number of ether oxygens (including phenoxy) is 1. The summed E-state index contributed by atoms with van der Waals surface area (Å²) in [6.45, 7) is 0. The van der Waals surface area contributed by atoms with Crippen molar-refractivity contribution in [3.8, 4) is 0 Å². The first-order valence-corrected chi connectivity index (χ1v) is 5.84. The zero-order valence-electron chi connectivity index (χ0n) is 9.16. The summed E-state index contributed by atoms with van der Waals surface area (Å²) in [5, 5.41) is 11.1. The Morgan fingerprint density at radius 3 is 2.76 bits per heavy atom. The molecule has 17 heavy (non-hydrogen) atoms. The molecule has 1 unspecified atom stereocenters. The van der Waals surface area contributed by atoms with Crippen LogP contribution in [0.25, 0.3) is 0 Å². The van der Waals surface area contributed by atoms with Crippen LogP contribution in [-0.2, 0) is 9.53 Å². The molecule has 88 valence electrons. The number of carbonyl (C=O) groups excluding carboxylic acids is 1. The average molecular weight is 249 g/mol. The molecule has 0 spiro atoms. The number of nitrogens with one attached hydrogen (secondary N) is 1. The van der Waals surface area contributed by atoms with Crippen LogP contribution < -0.4 is 5.32 Å². The molecule has 6 heteroatoms. The second-order valence-corrected chi connectivity index (χ2v) is 4.09. The third kappa shape index (κ3) is 2.79. The number of benzene rings is 1. The highest BCUT2D eigenvalue weighted by molar-refractivity contribution is 7.13. The Morgan fingerprint density at radius 1 is 1.41 bits per heavy atom. The monoisotopic (exact) mass is 249 g/mol. The van der Waals surface area contributed by atoms with E-state index >= 15 is 0 Å². The van der Waals surface area contributed by atoms with Crippen molar-refractivity contribution in [2.45, 2.75) is 6.04 Å². The Bertz CT molecular complexity index is 473. The van der Waals surface area contributed by atoms with Crippen LogP contribution in [0.15, 0.2) is 35.8 Å². The van der Waals surface area contributed by atoms with Gasteiger partial charge >= 0.3 is 5.97 Å². The highest BCUT2D eigenvalue weighted by Crippen LogP contribution is 2.21. The average Bonchev–Trinajstić information content (AvgIpc) is 2.89. The van der Waals surface area contributed by atoms with Crippen LogP contribution in [-0.4, -0.2) is 23.3 Å². The maximum Gasteiger partial charge on any atom is 0.333 e. The minimum Gasteiger partial charge on any atom is -0.467 e. The third-order valence-electron chi connectivity index (χ3n) is 2.20. The van der Waals surface area contributed by atoms with E-state index < -0.39 is 6.04 Å². The van der Waals surface area contributed by atoms with Gasteiger partial charge in [-0.25, -0.2) is 4.79 Å². The summed E-state index contributed by atoms with van der Waals surface area (Å²) in [7, 11) is 1.36. The number of nitrogens with zero attached hydrogens (tertiary/aromatic N) is 2. The van der Waals surface area contributed by atoms with E-state index in [0.717, 1.165) is 5.56 Å². The first kappa shape index (κ1) is 11.5. The second-order valence-electron chi connectivity index (χ2n) is 3.26. The number of methoxy groups -OCH3 is 1. The second kappa shape index (κ2) is 5.40. The lowest BCUT2D eigenvalue weighted by Crippen LogP contribution is -2.22. The molecular weight excluding hydrogens is 238 g/mol. The van der Waals surface area contributed by atoms with Gasteiger partial charge in [0.25, 0.3) is 0 Å². The molecule has 1 aromatic heterocycles. The number of hydrogen-bond donors (Lipinski definition) is 1. The van der Waals surface area contributed by atoms with Crippen molar-refractivity contribution in [2.24, 2.45) is 0 Å². The van der Waals surface area contributed by atoms with E-state index in [2.05, 4.69) is 15.5 Å². The summed E-state index contributed by atoms with van der Waals surface area (Å²) in [5.74, 6) is -0.355. The number of carbonyl (C=O) groups is 1. The van der Waals surface area contributed by atoms with E-state index in [1.807, 2.05) is 30.3 Å². The smallest absolute Gasteiger partial charge is 0.333 e. The van der Waals surface area contributed by atoms with E-state index in [9.17, 15) is 4.79 Å². The highest BCUT2D eigenvalue weighted by Gasteiger charge is 2.21. The molecule has 1 aromatic carbocycles. The molecule has 2 rings (SSSR count). The van der Waals surface area contributed by atoms with Gasteiger partial charge in [-0.05, 0) is 5.56 Å². The lowest BCUT2D eigenvalue weighted by molar-refractivity contribution is -0.141. The molecule has 5 nitrogen and oxygen atoms in total. The SMILES string of the molecule is COC(=O)C(Nc1nncs1)c1ccccc1. The Balaban J connectivity index is 2.23. The normalized spacial score (nSPS) is 11.8. The van der Waals surface area contributed by atoms with Gasteiger partial charge in [0.05, 0.1) is 7.11 Å². The molecule has 2 aromatic rings. The van der Waals surface area contributed by atoms with Crippen LogP contribution in [0.1, 0.15) is 11.6 Å². The molecule has 0 bridgehead atoms. The van der Waals surface area contributed by atoms with Crippen molar-refractivity contribution in [1.29, 1.82) is 0 Å². The molecular formula is C11H11N3O2S. The first-order valence-electron chi connectivity index (χ1n) is 4.96. The molecule has 0 saturated heterocycles. The molecule has 0 fully saturated rings. The van der Waals surface area contributed by atoms with Crippen molar-refractivity contribution < 1.29 is 9.53 Å². The van der Waals surface area contributed by atoms with Crippen molar-refractivity contribution in [2.75, 3.05) is 12.4 Å². The Labute approximate surface area is 102 Å². The van der Waals surface area contributed by atoms with E-state index in [1.165, 1.54) is 18.4 Å².